The number of nitrogens with one attached hydrogen (secondary N) is 2. The first-order chi connectivity index (χ1) is 18.3. The Morgan fingerprint density at radius 2 is 0.865 bits per heavy atom. The van der Waals surface area contributed by atoms with E-state index in [0.29, 0.717) is 0 Å². The lowest BCUT2D eigenvalue weighted by molar-refractivity contribution is 1.37. The summed E-state index contributed by atoms with van der Waals surface area (Å²) in [4.78, 5) is 9.53. The Morgan fingerprint density at radius 1 is 0.459 bits per heavy atom. The van der Waals surface area contributed by atoms with E-state index in [2.05, 4.69) is 43.6 Å². The fraction of sp³-hybridized carbons (Fsp3) is 0. The highest BCUT2D eigenvalue weighted by Crippen LogP contribution is 2.25. The number of hydrogen-bond acceptors (Lipinski definition) is 7. The van der Waals surface area contributed by atoms with E-state index in [-0.39, 0.29) is 0 Å². The normalized spacial score (nSPS) is 14.5. The standard InChI is InChI=1S/C30H22N6S/c1-3-7-21(8-4-1)31-23-11-13-24(14-12-23)32-25-15-17-26(18-16-25)34-28-20-19-27(29-30(28)36-37-35-29)33-22-9-5-2-6-10-22/h1-20,31-32H. The molecule has 37 heavy (non-hydrogen) atoms. The Kier molecular flexibility index (Phi) is 6.34. The van der Waals surface area contributed by atoms with E-state index < -0.39 is 0 Å². The third-order valence-electron chi connectivity index (χ3n) is 5.73. The highest BCUT2D eigenvalue weighted by atomic mass is 32.1. The minimum Gasteiger partial charge on any atom is -0.356 e. The molecule has 0 bridgehead atoms. The van der Waals surface area contributed by atoms with Gasteiger partial charge in [-0.3, -0.25) is 0 Å². The van der Waals surface area contributed by atoms with Crippen molar-refractivity contribution >= 4 is 57.3 Å². The van der Waals surface area contributed by atoms with Crippen molar-refractivity contribution in [2.75, 3.05) is 10.6 Å². The predicted molar refractivity (Wildman–Crippen MR) is 154 cm³/mol. The molecule has 0 unspecified atom stereocenters. The Bertz CT molecular complexity index is 1590. The molecule has 1 aliphatic carbocycles. The summed E-state index contributed by atoms with van der Waals surface area (Å²) in [7, 11) is 0. The summed E-state index contributed by atoms with van der Waals surface area (Å²) in [6, 6.07) is 36.2. The highest BCUT2D eigenvalue weighted by Gasteiger charge is 2.21. The van der Waals surface area contributed by atoms with Crippen LogP contribution in [-0.2, 0) is 0 Å². The molecule has 2 N–H and O–H groups in total. The van der Waals surface area contributed by atoms with Gasteiger partial charge in [0.05, 0.1) is 34.5 Å². The minimum absolute atomic E-state index is 0.758. The number of nitrogens with zero attached hydrogens (tertiary/aromatic N) is 4. The molecule has 4 aromatic carbocycles. The zero-order valence-electron chi connectivity index (χ0n) is 19.7. The van der Waals surface area contributed by atoms with Gasteiger partial charge >= 0.3 is 0 Å². The number of allylic oxidation sites excluding steroid dienone is 2. The first-order valence-corrected chi connectivity index (χ1v) is 12.6. The molecule has 5 aromatic rings. The van der Waals surface area contributed by atoms with Gasteiger partial charge in [-0.2, -0.15) is 8.75 Å². The van der Waals surface area contributed by atoms with Crippen molar-refractivity contribution in [2.24, 2.45) is 9.98 Å². The molecule has 0 spiro atoms. The summed E-state index contributed by atoms with van der Waals surface area (Å²) in [6.07, 6.45) is 3.89. The maximum Gasteiger partial charge on any atom is 0.132 e. The van der Waals surface area contributed by atoms with Crippen molar-refractivity contribution in [3.63, 3.8) is 0 Å². The molecule has 0 radical (unpaired) electrons. The number of benzene rings is 4. The van der Waals surface area contributed by atoms with Gasteiger partial charge in [-0.25, -0.2) is 9.98 Å². The number of fused-ring (bicyclic) bond motifs is 1. The van der Waals surface area contributed by atoms with E-state index >= 15 is 0 Å². The average Bonchev–Trinajstić information content (AvgIpc) is 3.45. The van der Waals surface area contributed by atoms with Crippen molar-refractivity contribution in [1.29, 1.82) is 0 Å². The number of rotatable bonds is 6. The summed E-state index contributed by atoms with van der Waals surface area (Å²) in [5.74, 6) is 0. The molecule has 7 heteroatoms. The van der Waals surface area contributed by atoms with E-state index in [9.17, 15) is 0 Å². The summed E-state index contributed by atoms with van der Waals surface area (Å²) < 4.78 is 8.95. The molecule has 178 valence electrons. The molecule has 1 aromatic heterocycles. The van der Waals surface area contributed by atoms with E-state index in [1.165, 1.54) is 11.7 Å². The van der Waals surface area contributed by atoms with Crippen LogP contribution in [0, 0.1) is 0 Å². The lowest BCUT2D eigenvalue weighted by Crippen LogP contribution is -2.12. The zero-order valence-corrected chi connectivity index (χ0v) is 20.6. The SMILES string of the molecule is C1=CC(=Nc2ccc(Nc3ccc(Nc4ccccc4)cc3)cc2)c2nsnc2C1=Nc1ccccc1. The Labute approximate surface area is 219 Å². The number of aliphatic imine (C=N–C) groups is 2. The van der Waals surface area contributed by atoms with Crippen molar-refractivity contribution in [1.82, 2.24) is 8.75 Å². The molecule has 0 amide bonds. The Balaban J connectivity index is 1.15. The van der Waals surface area contributed by atoms with Gasteiger partial charge in [0.15, 0.2) is 0 Å². The molecular formula is C30H22N6S. The van der Waals surface area contributed by atoms with Gasteiger partial charge in [0, 0.05) is 22.7 Å². The summed E-state index contributed by atoms with van der Waals surface area (Å²) in [5.41, 5.74) is 8.91. The number of para-hydroxylation sites is 2. The fourth-order valence-electron chi connectivity index (χ4n) is 3.91. The van der Waals surface area contributed by atoms with Gasteiger partial charge in [0.25, 0.3) is 0 Å². The number of anilines is 4. The molecule has 1 heterocycles. The first kappa shape index (κ1) is 22.6. The number of hydrogen-bond donors (Lipinski definition) is 2. The Morgan fingerprint density at radius 3 is 1.38 bits per heavy atom. The third-order valence-corrected chi connectivity index (χ3v) is 6.26. The van der Waals surface area contributed by atoms with Crippen molar-refractivity contribution < 1.29 is 0 Å². The van der Waals surface area contributed by atoms with Crippen LogP contribution in [0.2, 0.25) is 0 Å². The smallest absolute Gasteiger partial charge is 0.132 e. The maximum atomic E-state index is 4.82. The van der Waals surface area contributed by atoms with Crippen molar-refractivity contribution in [3.05, 3.63) is 133 Å². The van der Waals surface area contributed by atoms with Gasteiger partial charge in [0.2, 0.25) is 0 Å². The zero-order chi connectivity index (χ0) is 24.9. The second-order valence-corrected chi connectivity index (χ2v) is 8.89. The molecule has 0 saturated carbocycles. The van der Waals surface area contributed by atoms with Crippen LogP contribution in [0.4, 0.5) is 34.1 Å². The molecular weight excluding hydrogens is 476 g/mol. The van der Waals surface area contributed by atoms with Gasteiger partial charge < -0.3 is 10.6 Å². The van der Waals surface area contributed by atoms with Crippen LogP contribution in [0.25, 0.3) is 0 Å². The molecule has 1 aliphatic rings. The summed E-state index contributed by atoms with van der Waals surface area (Å²) >= 11 is 1.17. The molecule has 0 atom stereocenters. The molecule has 6 rings (SSSR count). The van der Waals surface area contributed by atoms with Crippen LogP contribution in [0.3, 0.4) is 0 Å². The minimum atomic E-state index is 0.758. The largest absolute Gasteiger partial charge is 0.356 e. The van der Waals surface area contributed by atoms with E-state index in [4.69, 9.17) is 9.98 Å². The van der Waals surface area contributed by atoms with Crippen LogP contribution in [0.5, 0.6) is 0 Å². The van der Waals surface area contributed by atoms with Crippen LogP contribution in [-0.4, -0.2) is 20.2 Å². The fourth-order valence-corrected chi connectivity index (χ4v) is 4.48. The Hall–Kier alpha value is -4.88. The van der Waals surface area contributed by atoms with Crippen LogP contribution in [0.15, 0.2) is 131 Å². The quantitative estimate of drug-likeness (QED) is 0.250. The summed E-state index contributed by atoms with van der Waals surface area (Å²) in [5, 5.41) is 6.84. The average molecular weight is 499 g/mol. The maximum absolute atomic E-state index is 4.82. The van der Waals surface area contributed by atoms with Crippen molar-refractivity contribution in [2.45, 2.75) is 0 Å². The first-order valence-electron chi connectivity index (χ1n) is 11.8. The van der Waals surface area contributed by atoms with Crippen LogP contribution in [0.1, 0.15) is 11.4 Å². The summed E-state index contributed by atoms with van der Waals surface area (Å²) in [6.45, 7) is 0. The van der Waals surface area contributed by atoms with E-state index in [0.717, 1.165) is 56.9 Å². The predicted octanol–water partition coefficient (Wildman–Crippen LogP) is 7.84. The van der Waals surface area contributed by atoms with E-state index in [1.54, 1.807) is 0 Å². The second kappa shape index (κ2) is 10.4. The second-order valence-electron chi connectivity index (χ2n) is 8.36. The molecule has 0 aliphatic heterocycles. The monoisotopic (exact) mass is 498 g/mol. The van der Waals surface area contributed by atoms with Crippen LogP contribution >= 0.6 is 11.7 Å². The lowest BCUT2D eigenvalue weighted by Gasteiger charge is -2.10. The van der Waals surface area contributed by atoms with Crippen LogP contribution < -0.4 is 10.6 Å². The van der Waals surface area contributed by atoms with Gasteiger partial charge in [-0.05, 0) is 84.9 Å². The van der Waals surface area contributed by atoms with Gasteiger partial charge in [-0.1, -0.05) is 36.4 Å². The van der Waals surface area contributed by atoms with Gasteiger partial charge in [0.1, 0.15) is 11.4 Å². The topological polar surface area (TPSA) is 74.6 Å². The highest BCUT2D eigenvalue weighted by molar-refractivity contribution is 6.99. The molecule has 6 nitrogen and oxygen atoms in total. The number of aromatic nitrogens is 2. The van der Waals surface area contributed by atoms with Crippen molar-refractivity contribution in [3.8, 4) is 0 Å². The molecule has 0 fully saturated rings. The molecule has 0 saturated heterocycles. The third kappa shape index (κ3) is 5.37. The van der Waals surface area contributed by atoms with Gasteiger partial charge in [-0.15, -0.1) is 0 Å². The lowest BCUT2D eigenvalue weighted by atomic mass is 10.0. The van der Waals surface area contributed by atoms with E-state index in [1.807, 2.05) is 97.1 Å².